The van der Waals surface area contributed by atoms with E-state index in [9.17, 15) is 0 Å². The quantitative estimate of drug-likeness (QED) is 0.309. The maximum Gasteiger partial charge on any atom is 0.127 e. The number of hydrogen-bond acceptors (Lipinski definition) is 3. The third-order valence-electron chi connectivity index (χ3n) is 7.45. The largest absolute Gasteiger partial charge is 0.496 e. The number of aryl methyl sites for hydroxylation is 3. The van der Waals surface area contributed by atoms with Crippen molar-refractivity contribution >= 4 is 0 Å². The van der Waals surface area contributed by atoms with E-state index >= 15 is 0 Å². The summed E-state index contributed by atoms with van der Waals surface area (Å²) >= 11 is 0. The molecule has 1 heterocycles. The smallest absolute Gasteiger partial charge is 0.127 e. The molecule has 1 aliphatic rings. The van der Waals surface area contributed by atoms with Crippen molar-refractivity contribution in [1.82, 2.24) is 9.88 Å². The Bertz CT molecular complexity index is 1050. The zero-order valence-corrected chi connectivity index (χ0v) is 21.4. The zero-order valence-electron chi connectivity index (χ0n) is 21.4. The van der Waals surface area contributed by atoms with Gasteiger partial charge in [0, 0.05) is 42.5 Å². The molecular formula is C31H40N2O. The van der Waals surface area contributed by atoms with Crippen LogP contribution >= 0.6 is 0 Å². The average Bonchev–Trinajstić information content (AvgIpc) is 2.85. The van der Waals surface area contributed by atoms with Gasteiger partial charge in [0.15, 0.2) is 0 Å². The third kappa shape index (κ3) is 5.70. The van der Waals surface area contributed by atoms with E-state index in [2.05, 4.69) is 80.3 Å². The first kappa shape index (κ1) is 24.5. The Labute approximate surface area is 206 Å². The molecule has 3 nitrogen and oxygen atoms in total. The fraction of sp³-hybridized carbons (Fsp3) is 0.452. The minimum absolute atomic E-state index is 0.831. The molecule has 3 aromatic rings. The highest BCUT2D eigenvalue weighted by molar-refractivity contribution is 5.70. The Balaban J connectivity index is 1.62. The highest BCUT2D eigenvalue weighted by Gasteiger charge is 2.23. The van der Waals surface area contributed by atoms with E-state index in [1.165, 1.54) is 47.1 Å². The molecule has 34 heavy (non-hydrogen) atoms. The van der Waals surface area contributed by atoms with E-state index in [4.69, 9.17) is 9.72 Å². The van der Waals surface area contributed by atoms with Crippen LogP contribution in [0.1, 0.15) is 61.1 Å². The van der Waals surface area contributed by atoms with E-state index in [-0.39, 0.29) is 0 Å². The summed E-state index contributed by atoms with van der Waals surface area (Å²) in [6, 6.07) is 19.7. The summed E-state index contributed by atoms with van der Waals surface area (Å²) in [4.78, 5) is 7.77. The molecule has 0 radical (unpaired) electrons. The number of methoxy groups -OCH3 is 1. The molecule has 0 aliphatic heterocycles. The molecule has 180 valence electrons. The average molecular weight is 457 g/mol. The van der Waals surface area contributed by atoms with E-state index in [0.29, 0.717) is 0 Å². The predicted octanol–water partition coefficient (Wildman–Crippen LogP) is 7.04. The van der Waals surface area contributed by atoms with Gasteiger partial charge >= 0.3 is 0 Å². The molecular weight excluding hydrogens is 416 g/mol. The van der Waals surface area contributed by atoms with Crippen molar-refractivity contribution in [3.05, 3.63) is 82.5 Å². The van der Waals surface area contributed by atoms with E-state index in [0.717, 1.165) is 62.0 Å². The van der Waals surface area contributed by atoms with Crippen molar-refractivity contribution in [3.8, 4) is 17.0 Å². The van der Waals surface area contributed by atoms with Gasteiger partial charge in [0.25, 0.3) is 0 Å². The van der Waals surface area contributed by atoms with Crippen LogP contribution in [0.3, 0.4) is 0 Å². The molecule has 3 heteroatoms. The summed E-state index contributed by atoms with van der Waals surface area (Å²) in [5.74, 6) is 1.80. The zero-order chi connectivity index (χ0) is 23.9. The van der Waals surface area contributed by atoms with Crippen LogP contribution in [0.5, 0.6) is 5.75 Å². The van der Waals surface area contributed by atoms with Crippen LogP contribution in [0, 0.1) is 12.8 Å². The van der Waals surface area contributed by atoms with Gasteiger partial charge in [0.2, 0.25) is 0 Å². The van der Waals surface area contributed by atoms with Crippen molar-refractivity contribution < 1.29 is 4.74 Å². The molecule has 0 atom stereocenters. The molecule has 4 rings (SSSR count). The lowest BCUT2D eigenvalue weighted by atomic mass is 9.85. The number of benzene rings is 2. The van der Waals surface area contributed by atoms with Crippen LogP contribution in [0.2, 0.25) is 0 Å². The minimum Gasteiger partial charge on any atom is -0.496 e. The Kier molecular flexibility index (Phi) is 8.39. The number of nitrogens with zero attached hydrogens (tertiary/aromatic N) is 2. The molecule has 0 bridgehead atoms. The second-order valence-electron chi connectivity index (χ2n) is 9.70. The van der Waals surface area contributed by atoms with Gasteiger partial charge in [-0.3, -0.25) is 9.88 Å². The first-order chi connectivity index (χ1) is 16.6. The van der Waals surface area contributed by atoms with Gasteiger partial charge in [0.1, 0.15) is 5.75 Å². The lowest BCUT2D eigenvalue weighted by Gasteiger charge is -2.33. The lowest BCUT2D eigenvalue weighted by molar-refractivity contribution is 0.171. The van der Waals surface area contributed by atoms with E-state index in [1.54, 1.807) is 7.11 Å². The van der Waals surface area contributed by atoms with Crippen molar-refractivity contribution in [1.29, 1.82) is 0 Å². The fourth-order valence-electron chi connectivity index (χ4n) is 5.18. The molecule has 0 unspecified atom stereocenters. The van der Waals surface area contributed by atoms with Crippen LogP contribution in [0.15, 0.2) is 54.6 Å². The Morgan fingerprint density at radius 1 is 0.971 bits per heavy atom. The minimum atomic E-state index is 0.831. The summed E-state index contributed by atoms with van der Waals surface area (Å²) in [7, 11) is 1.80. The normalized spacial score (nSPS) is 13.8. The molecule has 1 aromatic heterocycles. The van der Waals surface area contributed by atoms with Crippen LogP contribution < -0.4 is 4.74 Å². The van der Waals surface area contributed by atoms with Crippen LogP contribution in [0.4, 0.5) is 0 Å². The van der Waals surface area contributed by atoms with Gasteiger partial charge in [-0.2, -0.15) is 0 Å². The SMILES string of the molecule is CCc1cccc(CC)c1-c1cc(OC)c(CN(CCc2ccccc2)CC2CCC2)c(C)n1. The molecule has 0 amide bonds. The van der Waals surface area contributed by atoms with Gasteiger partial charge in [-0.15, -0.1) is 0 Å². The number of ether oxygens (including phenoxy) is 1. The highest BCUT2D eigenvalue weighted by atomic mass is 16.5. The summed E-state index contributed by atoms with van der Waals surface area (Å²) in [5, 5.41) is 0. The maximum absolute atomic E-state index is 5.98. The lowest BCUT2D eigenvalue weighted by Crippen LogP contribution is -2.34. The topological polar surface area (TPSA) is 25.4 Å². The summed E-state index contributed by atoms with van der Waals surface area (Å²) in [5.41, 5.74) is 8.76. The monoisotopic (exact) mass is 456 g/mol. The summed E-state index contributed by atoms with van der Waals surface area (Å²) in [6.07, 6.45) is 7.19. The summed E-state index contributed by atoms with van der Waals surface area (Å²) < 4.78 is 5.98. The van der Waals surface area contributed by atoms with Gasteiger partial charge in [-0.25, -0.2) is 0 Å². The van der Waals surface area contributed by atoms with Crippen molar-refractivity contribution in [2.45, 2.75) is 65.8 Å². The van der Waals surface area contributed by atoms with Gasteiger partial charge in [-0.1, -0.05) is 68.8 Å². The van der Waals surface area contributed by atoms with Crippen LogP contribution in [0.25, 0.3) is 11.3 Å². The number of aromatic nitrogens is 1. The maximum atomic E-state index is 5.98. The molecule has 2 aromatic carbocycles. The number of pyridine rings is 1. The molecule has 0 saturated heterocycles. The number of rotatable bonds is 11. The Hall–Kier alpha value is -2.65. The van der Waals surface area contributed by atoms with Crippen molar-refractivity contribution in [2.24, 2.45) is 5.92 Å². The molecule has 0 spiro atoms. The fourth-order valence-corrected chi connectivity index (χ4v) is 5.18. The third-order valence-corrected chi connectivity index (χ3v) is 7.45. The first-order valence-electron chi connectivity index (χ1n) is 13.0. The molecule has 1 saturated carbocycles. The van der Waals surface area contributed by atoms with Gasteiger partial charge in [-0.05, 0) is 61.6 Å². The van der Waals surface area contributed by atoms with Gasteiger partial charge < -0.3 is 4.74 Å². The second-order valence-corrected chi connectivity index (χ2v) is 9.70. The van der Waals surface area contributed by atoms with Crippen LogP contribution in [-0.2, 0) is 25.8 Å². The molecule has 0 N–H and O–H groups in total. The van der Waals surface area contributed by atoms with E-state index in [1.807, 2.05) is 0 Å². The standard InChI is InChI=1S/C31H40N2O/c1-5-26-16-11-17-27(6-2)31(26)29-20-30(34-4)28(23(3)32-29)22-33(21-25-14-10-15-25)19-18-24-12-8-7-9-13-24/h7-9,11-13,16-17,20,25H,5-6,10,14-15,18-19,21-22H2,1-4H3. The van der Waals surface area contributed by atoms with E-state index < -0.39 is 0 Å². The predicted molar refractivity (Wildman–Crippen MR) is 142 cm³/mol. The molecule has 1 fully saturated rings. The Morgan fingerprint density at radius 2 is 1.68 bits per heavy atom. The van der Waals surface area contributed by atoms with Crippen molar-refractivity contribution in [3.63, 3.8) is 0 Å². The van der Waals surface area contributed by atoms with Crippen LogP contribution in [-0.4, -0.2) is 30.1 Å². The first-order valence-corrected chi connectivity index (χ1v) is 13.0. The summed E-state index contributed by atoms with van der Waals surface area (Å²) in [6.45, 7) is 9.71. The van der Waals surface area contributed by atoms with Crippen molar-refractivity contribution in [2.75, 3.05) is 20.2 Å². The second kappa shape index (κ2) is 11.7. The van der Waals surface area contributed by atoms with Gasteiger partial charge in [0.05, 0.1) is 12.8 Å². The Morgan fingerprint density at radius 3 is 2.26 bits per heavy atom. The number of hydrogen-bond donors (Lipinski definition) is 0. The highest BCUT2D eigenvalue weighted by Crippen LogP contribution is 2.34. The molecule has 1 aliphatic carbocycles.